The second-order valence-corrected chi connectivity index (χ2v) is 6.23. The third kappa shape index (κ3) is 4.00. The van der Waals surface area contributed by atoms with Gasteiger partial charge in [-0.25, -0.2) is 0 Å². The average molecular weight is 355 g/mol. The molecule has 7 heteroatoms. The summed E-state index contributed by atoms with van der Waals surface area (Å²) in [6.07, 6.45) is 2.02. The molecule has 136 valence electrons. The van der Waals surface area contributed by atoms with Crippen LogP contribution in [0, 0.1) is 10.1 Å². The van der Waals surface area contributed by atoms with Crippen LogP contribution < -0.4 is 10.1 Å². The standard InChI is InChI=1S/C19H21N3O4/c1-26-15-9-10-16(18(12-15)22(24)25)20-19(23)13-21-11-5-8-17(21)14-6-3-2-4-7-14/h2-4,6-7,9-10,12,17H,5,8,11,13H2,1H3,(H,20,23). The van der Waals surface area contributed by atoms with Crippen molar-refractivity contribution in [2.45, 2.75) is 18.9 Å². The first-order valence-electron chi connectivity index (χ1n) is 8.50. The van der Waals surface area contributed by atoms with Gasteiger partial charge in [0.2, 0.25) is 5.91 Å². The van der Waals surface area contributed by atoms with Gasteiger partial charge in [0.25, 0.3) is 5.69 Å². The molecule has 1 atom stereocenters. The normalized spacial score (nSPS) is 17.0. The van der Waals surface area contributed by atoms with Crippen molar-refractivity contribution in [2.24, 2.45) is 0 Å². The van der Waals surface area contributed by atoms with Crippen LogP contribution in [0.3, 0.4) is 0 Å². The molecule has 3 rings (SSSR count). The van der Waals surface area contributed by atoms with Gasteiger partial charge in [-0.2, -0.15) is 0 Å². The van der Waals surface area contributed by atoms with E-state index in [2.05, 4.69) is 22.3 Å². The number of amides is 1. The molecule has 1 aliphatic heterocycles. The minimum atomic E-state index is -0.527. The smallest absolute Gasteiger partial charge is 0.296 e. The molecule has 2 aromatic rings. The van der Waals surface area contributed by atoms with E-state index >= 15 is 0 Å². The van der Waals surface area contributed by atoms with Crippen molar-refractivity contribution >= 4 is 17.3 Å². The molecule has 0 spiro atoms. The van der Waals surface area contributed by atoms with Gasteiger partial charge in [-0.05, 0) is 37.1 Å². The number of methoxy groups -OCH3 is 1. The molecule has 0 aromatic heterocycles. The zero-order valence-corrected chi connectivity index (χ0v) is 14.6. The largest absolute Gasteiger partial charge is 0.496 e. The summed E-state index contributed by atoms with van der Waals surface area (Å²) in [5, 5.41) is 13.9. The Hall–Kier alpha value is -2.93. The summed E-state index contributed by atoms with van der Waals surface area (Å²) in [7, 11) is 1.44. The second kappa shape index (κ2) is 7.97. The molecule has 2 aromatic carbocycles. The lowest BCUT2D eigenvalue weighted by atomic mass is 10.0. The molecule has 1 saturated heterocycles. The third-order valence-electron chi connectivity index (χ3n) is 4.57. The Morgan fingerprint density at radius 2 is 2.08 bits per heavy atom. The predicted octanol–water partition coefficient (Wildman–Crippen LogP) is 3.38. The van der Waals surface area contributed by atoms with E-state index in [-0.39, 0.29) is 29.9 Å². The number of nitro groups is 1. The van der Waals surface area contributed by atoms with E-state index in [4.69, 9.17) is 4.74 Å². The number of carbonyl (C=O) groups is 1. The molecule has 0 bridgehead atoms. The summed E-state index contributed by atoms with van der Waals surface area (Å²) in [6, 6.07) is 14.7. The monoisotopic (exact) mass is 355 g/mol. The molecule has 0 saturated carbocycles. The van der Waals surface area contributed by atoms with E-state index in [1.807, 2.05) is 18.2 Å². The number of nitrogens with zero attached hydrogens (tertiary/aromatic N) is 2. The van der Waals surface area contributed by atoms with Crippen LogP contribution in [0.5, 0.6) is 5.75 Å². The van der Waals surface area contributed by atoms with Gasteiger partial charge in [0.1, 0.15) is 11.4 Å². The summed E-state index contributed by atoms with van der Waals surface area (Å²) < 4.78 is 5.01. The Morgan fingerprint density at radius 1 is 1.31 bits per heavy atom. The number of carbonyl (C=O) groups excluding carboxylic acids is 1. The van der Waals surface area contributed by atoms with Crippen molar-refractivity contribution in [3.63, 3.8) is 0 Å². The highest BCUT2D eigenvalue weighted by Crippen LogP contribution is 2.32. The van der Waals surface area contributed by atoms with Crippen LogP contribution in [-0.2, 0) is 4.79 Å². The third-order valence-corrected chi connectivity index (χ3v) is 4.57. The first-order chi connectivity index (χ1) is 12.6. The average Bonchev–Trinajstić information content (AvgIpc) is 3.10. The van der Waals surface area contributed by atoms with Gasteiger partial charge in [0.05, 0.1) is 24.6 Å². The highest BCUT2D eigenvalue weighted by atomic mass is 16.6. The SMILES string of the molecule is COc1ccc(NC(=O)CN2CCCC2c2ccccc2)c([N+](=O)[O-])c1. The number of likely N-dealkylation sites (tertiary alicyclic amines) is 1. The number of rotatable bonds is 6. The topological polar surface area (TPSA) is 84.7 Å². The fourth-order valence-corrected chi connectivity index (χ4v) is 3.34. The maximum atomic E-state index is 12.5. The molecule has 0 radical (unpaired) electrons. The molecule has 1 unspecified atom stereocenters. The van der Waals surface area contributed by atoms with Gasteiger partial charge >= 0.3 is 0 Å². The number of anilines is 1. The Bertz CT molecular complexity index is 795. The quantitative estimate of drug-likeness (QED) is 0.634. The molecule has 7 nitrogen and oxygen atoms in total. The molecule has 1 heterocycles. The summed E-state index contributed by atoms with van der Waals surface area (Å²) in [5.41, 5.74) is 1.18. The van der Waals surface area contributed by atoms with Crippen LogP contribution in [0.1, 0.15) is 24.4 Å². The maximum absolute atomic E-state index is 12.5. The van der Waals surface area contributed by atoms with Crippen LogP contribution in [0.15, 0.2) is 48.5 Å². The lowest BCUT2D eigenvalue weighted by Crippen LogP contribution is -2.33. The first kappa shape index (κ1) is 17.9. The van der Waals surface area contributed by atoms with Crippen molar-refractivity contribution in [1.82, 2.24) is 4.90 Å². The fraction of sp³-hybridized carbons (Fsp3) is 0.316. The van der Waals surface area contributed by atoms with Crippen LogP contribution in [0.25, 0.3) is 0 Å². The van der Waals surface area contributed by atoms with E-state index in [9.17, 15) is 14.9 Å². The molecule has 1 N–H and O–H groups in total. The molecule has 0 aliphatic carbocycles. The summed E-state index contributed by atoms with van der Waals surface area (Å²) >= 11 is 0. The van der Waals surface area contributed by atoms with Gasteiger partial charge in [-0.1, -0.05) is 30.3 Å². The minimum absolute atomic E-state index is 0.177. The summed E-state index contributed by atoms with van der Waals surface area (Å²) in [6.45, 7) is 1.03. The highest BCUT2D eigenvalue weighted by Gasteiger charge is 2.28. The molecule has 1 amide bonds. The minimum Gasteiger partial charge on any atom is -0.496 e. The number of nitrogens with one attached hydrogen (secondary N) is 1. The molecular weight excluding hydrogens is 334 g/mol. The molecule has 1 fully saturated rings. The van der Waals surface area contributed by atoms with Gasteiger partial charge in [-0.3, -0.25) is 19.8 Å². The van der Waals surface area contributed by atoms with Crippen molar-refractivity contribution in [3.8, 4) is 5.75 Å². The number of ether oxygens (including phenoxy) is 1. The van der Waals surface area contributed by atoms with Crippen LogP contribution in [0.2, 0.25) is 0 Å². The van der Waals surface area contributed by atoms with E-state index in [0.29, 0.717) is 5.75 Å². The van der Waals surface area contributed by atoms with Crippen molar-refractivity contribution in [3.05, 3.63) is 64.2 Å². The lowest BCUT2D eigenvalue weighted by molar-refractivity contribution is -0.384. The highest BCUT2D eigenvalue weighted by molar-refractivity contribution is 5.94. The van der Waals surface area contributed by atoms with Gasteiger partial charge < -0.3 is 10.1 Å². The van der Waals surface area contributed by atoms with Crippen LogP contribution in [0.4, 0.5) is 11.4 Å². The number of benzene rings is 2. The number of hydrogen-bond acceptors (Lipinski definition) is 5. The van der Waals surface area contributed by atoms with Crippen molar-refractivity contribution in [1.29, 1.82) is 0 Å². The summed E-state index contributed by atoms with van der Waals surface area (Å²) in [4.78, 5) is 25.3. The zero-order chi connectivity index (χ0) is 18.5. The number of nitro benzene ring substituents is 1. The number of hydrogen-bond donors (Lipinski definition) is 1. The fourth-order valence-electron chi connectivity index (χ4n) is 3.34. The maximum Gasteiger partial charge on any atom is 0.296 e. The molecule has 1 aliphatic rings. The van der Waals surface area contributed by atoms with Gasteiger partial charge in [0.15, 0.2) is 0 Å². The lowest BCUT2D eigenvalue weighted by Gasteiger charge is -2.24. The molecular formula is C19H21N3O4. The van der Waals surface area contributed by atoms with Crippen LogP contribution >= 0.6 is 0 Å². The Balaban J connectivity index is 1.70. The predicted molar refractivity (Wildman–Crippen MR) is 98.3 cm³/mol. The summed E-state index contributed by atoms with van der Waals surface area (Å²) in [5.74, 6) is 0.111. The van der Waals surface area contributed by atoms with Crippen molar-refractivity contribution in [2.75, 3.05) is 25.5 Å². The molecule has 26 heavy (non-hydrogen) atoms. The first-order valence-corrected chi connectivity index (χ1v) is 8.50. The Labute approximate surface area is 151 Å². The Kier molecular flexibility index (Phi) is 5.48. The van der Waals surface area contributed by atoms with E-state index < -0.39 is 4.92 Å². The Morgan fingerprint density at radius 3 is 2.77 bits per heavy atom. The van der Waals surface area contributed by atoms with E-state index in [1.54, 1.807) is 6.07 Å². The second-order valence-electron chi connectivity index (χ2n) is 6.23. The van der Waals surface area contributed by atoms with E-state index in [0.717, 1.165) is 19.4 Å². The zero-order valence-electron chi connectivity index (χ0n) is 14.6. The van der Waals surface area contributed by atoms with E-state index in [1.165, 1.54) is 24.8 Å². The van der Waals surface area contributed by atoms with Gasteiger partial charge in [0, 0.05) is 6.04 Å². The van der Waals surface area contributed by atoms with Crippen LogP contribution in [-0.4, -0.2) is 35.9 Å². The van der Waals surface area contributed by atoms with Crippen molar-refractivity contribution < 1.29 is 14.5 Å². The van der Waals surface area contributed by atoms with Gasteiger partial charge in [-0.15, -0.1) is 0 Å².